The molecule has 180 valence electrons. The van der Waals surface area contributed by atoms with Gasteiger partial charge in [-0.05, 0) is 43.5 Å². The second-order valence-electron chi connectivity index (χ2n) is 7.85. The van der Waals surface area contributed by atoms with Crippen molar-refractivity contribution >= 4 is 27.5 Å². The number of anilines is 1. The van der Waals surface area contributed by atoms with Crippen molar-refractivity contribution in [2.75, 3.05) is 31.3 Å². The molecule has 0 saturated heterocycles. The number of aryl methyl sites for hydroxylation is 1. The molecule has 0 fully saturated rings. The molecular weight excluding hydrogens is 442 g/mol. The van der Waals surface area contributed by atoms with E-state index in [0.29, 0.717) is 18.0 Å². The molecule has 0 spiro atoms. The summed E-state index contributed by atoms with van der Waals surface area (Å²) in [6, 6.07) is 13.9. The average molecular weight is 476 g/mol. The third-order valence-electron chi connectivity index (χ3n) is 5.52. The van der Waals surface area contributed by atoms with Crippen molar-refractivity contribution in [2.45, 2.75) is 39.3 Å². The van der Waals surface area contributed by atoms with Gasteiger partial charge in [0.25, 0.3) is 0 Å². The molecule has 2 amide bonds. The Morgan fingerprint density at radius 2 is 1.73 bits per heavy atom. The van der Waals surface area contributed by atoms with Gasteiger partial charge in [0.05, 0.1) is 19.1 Å². The van der Waals surface area contributed by atoms with Crippen LogP contribution >= 0.6 is 0 Å². The molecule has 0 radical (unpaired) electrons. The van der Waals surface area contributed by atoms with E-state index in [1.807, 2.05) is 31.2 Å². The summed E-state index contributed by atoms with van der Waals surface area (Å²) in [5.74, 6) is -0.0461. The Morgan fingerprint density at radius 3 is 2.33 bits per heavy atom. The molecule has 9 heteroatoms. The SMILES string of the molecule is CNC(=O)C(C)N(Cc1ccccc1C)C(=O)CCCN(c1ccccc1OC)S(C)(=O)=O. The lowest BCUT2D eigenvalue weighted by Crippen LogP contribution is -2.47. The molecule has 0 aliphatic rings. The minimum Gasteiger partial charge on any atom is -0.495 e. The van der Waals surface area contributed by atoms with Crippen molar-refractivity contribution in [3.05, 3.63) is 59.7 Å². The van der Waals surface area contributed by atoms with E-state index >= 15 is 0 Å². The first-order valence-electron chi connectivity index (χ1n) is 10.8. The number of hydrogen-bond donors (Lipinski definition) is 1. The van der Waals surface area contributed by atoms with Gasteiger partial charge in [0, 0.05) is 26.6 Å². The molecule has 0 saturated carbocycles. The Kier molecular flexibility index (Phi) is 9.28. The minimum atomic E-state index is -3.59. The summed E-state index contributed by atoms with van der Waals surface area (Å²) in [4.78, 5) is 27.0. The summed E-state index contributed by atoms with van der Waals surface area (Å²) >= 11 is 0. The van der Waals surface area contributed by atoms with Crippen LogP contribution in [0.4, 0.5) is 5.69 Å². The predicted octanol–water partition coefficient (Wildman–Crippen LogP) is 2.71. The van der Waals surface area contributed by atoms with Gasteiger partial charge in [0.1, 0.15) is 11.8 Å². The lowest BCUT2D eigenvalue weighted by Gasteiger charge is -2.29. The van der Waals surface area contributed by atoms with E-state index in [0.717, 1.165) is 17.4 Å². The number of methoxy groups -OCH3 is 1. The van der Waals surface area contributed by atoms with Gasteiger partial charge in [-0.1, -0.05) is 36.4 Å². The van der Waals surface area contributed by atoms with Crippen molar-refractivity contribution in [3.8, 4) is 5.75 Å². The number of para-hydroxylation sites is 2. The zero-order valence-corrected chi connectivity index (χ0v) is 20.7. The van der Waals surface area contributed by atoms with Gasteiger partial charge >= 0.3 is 0 Å². The number of sulfonamides is 1. The topological polar surface area (TPSA) is 96.0 Å². The van der Waals surface area contributed by atoms with Crippen molar-refractivity contribution in [2.24, 2.45) is 0 Å². The Balaban J connectivity index is 2.19. The van der Waals surface area contributed by atoms with Gasteiger partial charge in [0.15, 0.2) is 0 Å². The first kappa shape index (κ1) is 26.2. The van der Waals surface area contributed by atoms with Crippen molar-refractivity contribution in [1.29, 1.82) is 0 Å². The molecular formula is C24H33N3O5S. The molecule has 2 aromatic rings. The third-order valence-corrected chi connectivity index (χ3v) is 6.70. The van der Waals surface area contributed by atoms with Gasteiger partial charge in [-0.2, -0.15) is 0 Å². The molecule has 0 aliphatic carbocycles. The summed E-state index contributed by atoms with van der Waals surface area (Å²) in [7, 11) is -0.580. The number of hydrogen-bond acceptors (Lipinski definition) is 5. The van der Waals surface area contributed by atoms with Crippen LogP contribution in [0.15, 0.2) is 48.5 Å². The number of likely N-dealkylation sites (N-methyl/N-ethyl adjacent to an activating group) is 1. The first-order valence-corrected chi connectivity index (χ1v) is 12.6. The van der Waals surface area contributed by atoms with Crippen molar-refractivity contribution < 1.29 is 22.7 Å². The Morgan fingerprint density at radius 1 is 1.09 bits per heavy atom. The first-order chi connectivity index (χ1) is 15.6. The number of nitrogens with one attached hydrogen (secondary N) is 1. The van der Waals surface area contributed by atoms with E-state index in [4.69, 9.17) is 4.74 Å². The maximum absolute atomic E-state index is 13.2. The number of rotatable bonds is 11. The highest BCUT2D eigenvalue weighted by Gasteiger charge is 2.27. The molecule has 1 N–H and O–H groups in total. The lowest BCUT2D eigenvalue weighted by atomic mass is 10.1. The highest BCUT2D eigenvalue weighted by atomic mass is 32.2. The van der Waals surface area contributed by atoms with Gasteiger partial charge in [0.2, 0.25) is 21.8 Å². The molecule has 2 aromatic carbocycles. The highest BCUT2D eigenvalue weighted by molar-refractivity contribution is 7.92. The predicted molar refractivity (Wildman–Crippen MR) is 130 cm³/mol. The molecule has 0 bridgehead atoms. The van der Waals surface area contributed by atoms with Gasteiger partial charge in [-0.25, -0.2) is 8.42 Å². The van der Waals surface area contributed by atoms with E-state index in [-0.39, 0.29) is 31.2 Å². The number of carbonyl (C=O) groups excluding carboxylic acids is 2. The largest absolute Gasteiger partial charge is 0.495 e. The minimum absolute atomic E-state index is 0.0917. The number of carbonyl (C=O) groups is 2. The molecule has 0 aliphatic heterocycles. The summed E-state index contributed by atoms with van der Waals surface area (Å²) in [5, 5.41) is 2.59. The quantitative estimate of drug-likeness (QED) is 0.539. The van der Waals surface area contributed by atoms with E-state index in [1.165, 1.54) is 23.4 Å². The van der Waals surface area contributed by atoms with E-state index in [2.05, 4.69) is 5.32 Å². The van der Waals surface area contributed by atoms with Crippen LogP contribution in [0.3, 0.4) is 0 Å². The van der Waals surface area contributed by atoms with Crippen LogP contribution in [-0.4, -0.2) is 58.1 Å². The molecule has 2 rings (SSSR count). The van der Waals surface area contributed by atoms with Crippen molar-refractivity contribution in [1.82, 2.24) is 10.2 Å². The van der Waals surface area contributed by atoms with Gasteiger partial charge in [-0.15, -0.1) is 0 Å². The third kappa shape index (κ3) is 6.95. The fourth-order valence-electron chi connectivity index (χ4n) is 3.58. The van der Waals surface area contributed by atoms with E-state index in [9.17, 15) is 18.0 Å². The highest BCUT2D eigenvalue weighted by Crippen LogP contribution is 2.29. The molecule has 1 atom stereocenters. The van der Waals surface area contributed by atoms with E-state index in [1.54, 1.807) is 31.2 Å². The molecule has 0 heterocycles. The van der Waals surface area contributed by atoms with E-state index < -0.39 is 16.1 Å². The number of nitrogens with zero attached hydrogens (tertiary/aromatic N) is 2. The van der Waals surface area contributed by atoms with Crippen LogP contribution in [0.25, 0.3) is 0 Å². The fraction of sp³-hybridized carbons (Fsp3) is 0.417. The number of amides is 2. The van der Waals surface area contributed by atoms with Crippen LogP contribution < -0.4 is 14.4 Å². The molecule has 8 nitrogen and oxygen atoms in total. The zero-order valence-electron chi connectivity index (χ0n) is 19.9. The smallest absolute Gasteiger partial charge is 0.242 e. The fourth-order valence-corrected chi connectivity index (χ4v) is 4.55. The Bertz CT molecular complexity index is 1070. The average Bonchev–Trinajstić information content (AvgIpc) is 2.79. The summed E-state index contributed by atoms with van der Waals surface area (Å²) < 4.78 is 31.4. The summed E-state index contributed by atoms with van der Waals surface area (Å²) in [5.41, 5.74) is 2.40. The Hall–Kier alpha value is -3.07. The standard InChI is InChI=1S/C24H33N3O5S/c1-18-11-6-7-12-20(18)17-26(19(2)24(29)25-3)23(28)15-10-16-27(33(5,30)31)21-13-8-9-14-22(21)32-4/h6-9,11-14,19H,10,15-17H2,1-5H3,(H,25,29). The number of ether oxygens (including phenoxy) is 1. The van der Waals surface area contributed by atoms with Crippen LogP contribution in [0, 0.1) is 6.92 Å². The van der Waals surface area contributed by atoms with Crippen molar-refractivity contribution in [3.63, 3.8) is 0 Å². The van der Waals surface area contributed by atoms with Gasteiger partial charge in [-0.3, -0.25) is 13.9 Å². The normalized spacial score (nSPS) is 12.0. The lowest BCUT2D eigenvalue weighted by molar-refractivity contribution is -0.140. The number of benzene rings is 2. The van der Waals surface area contributed by atoms with Crippen LogP contribution in [0.2, 0.25) is 0 Å². The maximum atomic E-state index is 13.2. The monoisotopic (exact) mass is 475 g/mol. The summed E-state index contributed by atoms with van der Waals surface area (Å²) in [6.07, 6.45) is 1.50. The second kappa shape index (κ2) is 11.7. The molecule has 0 aromatic heterocycles. The Labute approximate surface area is 196 Å². The van der Waals surface area contributed by atoms with Gasteiger partial charge < -0.3 is 15.0 Å². The maximum Gasteiger partial charge on any atom is 0.242 e. The van der Waals surface area contributed by atoms with Crippen LogP contribution in [-0.2, 0) is 26.2 Å². The molecule has 33 heavy (non-hydrogen) atoms. The second-order valence-corrected chi connectivity index (χ2v) is 9.76. The summed E-state index contributed by atoms with van der Waals surface area (Å²) in [6.45, 7) is 4.05. The molecule has 1 unspecified atom stereocenters. The van der Waals surface area contributed by atoms with Crippen LogP contribution in [0.5, 0.6) is 5.75 Å². The zero-order chi connectivity index (χ0) is 24.6. The van der Waals surface area contributed by atoms with Crippen LogP contribution in [0.1, 0.15) is 30.9 Å².